The van der Waals surface area contributed by atoms with Gasteiger partial charge in [-0.1, -0.05) is 79.9 Å². The number of rotatable bonds is 9. The minimum absolute atomic E-state index is 0.0203. The number of carbonyl (C=O) groups excluding carboxylic acids is 2. The molecule has 0 aliphatic rings. The van der Waals surface area contributed by atoms with Crippen LogP contribution in [0.25, 0.3) is 0 Å². The highest BCUT2D eigenvalue weighted by atomic mass is 16.2. The number of nitrogens with one attached hydrogen (secondary N) is 1. The van der Waals surface area contributed by atoms with E-state index in [4.69, 9.17) is 0 Å². The molecule has 0 saturated heterocycles. The van der Waals surface area contributed by atoms with Crippen LogP contribution in [0.1, 0.15) is 55.0 Å². The molecular formula is C26H36N2O2. The van der Waals surface area contributed by atoms with Crippen molar-refractivity contribution in [2.75, 3.05) is 6.54 Å². The van der Waals surface area contributed by atoms with Crippen molar-refractivity contribution in [1.82, 2.24) is 10.2 Å². The van der Waals surface area contributed by atoms with Gasteiger partial charge < -0.3 is 10.2 Å². The van der Waals surface area contributed by atoms with E-state index < -0.39 is 6.04 Å². The maximum absolute atomic E-state index is 13.4. The number of carbonyl (C=O) groups is 2. The molecule has 0 saturated carbocycles. The van der Waals surface area contributed by atoms with Gasteiger partial charge in [0.1, 0.15) is 6.04 Å². The van der Waals surface area contributed by atoms with Crippen molar-refractivity contribution in [3.05, 3.63) is 70.3 Å². The first-order valence-corrected chi connectivity index (χ1v) is 10.9. The molecule has 0 aliphatic heterocycles. The number of nitrogens with zero attached hydrogens (tertiary/aromatic N) is 1. The minimum Gasteiger partial charge on any atom is -0.354 e. The van der Waals surface area contributed by atoms with Gasteiger partial charge in [-0.3, -0.25) is 9.59 Å². The van der Waals surface area contributed by atoms with Gasteiger partial charge in [0, 0.05) is 13.1 Å². The van der Waals surface area contributed by atoms with E-state index in [9.17, 15) is 9.59 Å². The van der Waals surface area contributed by atoms with Crippen LogP contribution < -0.4 is 5.32 Å². The van der Waals surface area contributed by atoms with Crippen LogP contribution in [0.4, 0.5) is 0 Å². The van der Waals surface area contributed by atoms with E-state index in [1.165, 1.54) is 0 Å². The normalized spacial score (nSPS) is 12.0. The Bertz CT molecular complexity index is 853. The second-order valence-corrected chi connectivity index (χ2v) is 8.75. The summed E-state index contributed by atoms with van der Waals surface area (Å²) in [5, 5.41) is 3.01. The Labute approximate surface area is 181 Å². The summed E-state index contributed by atoms with van der Waals surface area (Å²) in [6.07, 6.45) is 0.872. The van der Waals surface area contributed by atoms with Crippen molar-refractivity contribution in [3.8, 4) is 0 Å². The molecule has 2 aromatic rings. The molecule has 0 aliphatic carbocycles. The van der Waals surface area contributed by atoms with Gasteiger partial charge in [0.05, 0.1) is 6.42 Å². The van der Waals surface area contributed by atoms with Gasteiger partial charge in [-0.05, 0) is 44.2 Å². The van der Waals surface area contributed by atoms with E-state index in [0.29, 0.717) is 31.8 Å². The van der Waals surface area contributed by atoms with Gasteiger partial charge >= 0.3 is 0 Å². The van der Waals surface area contributed by atoms with Crippen molar-refractivity contribution in [1.29, 1.82) is 0 Å². The lowest BCUT2D eigenvalue weighted by molar-refractivity contribution is -0.141. The van der Waals surface area contributed by atoms with Gasteiger partial charge in [-0.15, -0.1) is 0 Å². The Morgan fingerprint density at radius 2 is 1.57 bits per heavy atom. The van der Waals surface area contributed by atoms with Crippen LogP contribution in [0.15, 0.2) is 42.5 Å². The van der Waals surface area contributed by atoms with Gasteiger partial charge in [0.15, 0.2) is 0 Å². The molecule has 0 bridgehead atoms. The predicted octanol–water partition coefficient (Wildman–Crippen LogP) is 4.73. The highest BCUT2D eigenvalue weighted by molar-refractivity contribution is 5.88. The molecule has 2 aromatic carbocycles. The zero-order chi connectivity index (χ0) is 22.3. The number of aryl methyl sites for hydroxylation is 3. The quantitative estimate of drug-likeness (QED) is 0.652. The van der Waals surface area contributed by atoms with Gasteiger partial charge in [-0.2, -0.15) is 0 Å². The van der Waals surface area contributed by atoms with E-state index in [0.717, 1.165) is 27.8 Å². The van der Waals surface area contributed by atoms with Crippen molar-refractivity contribution < 1.29 is 9.59 Å². The van der Waals surface area contributed by atoms with Crippen molar-refractivity contribution in [2.45, 2.75) is 67.0 Å². The van der Waals surface area contributed by atoms with Crippen LogP contribution in [0.3, 0.4) is 0 Å². The SMILES string of the molecule is CCC(C(=O)NCC(C)C)N(Cc1cccc(C)c1)C(=O)Cc1cc(C)cc(C)c1. The zero-order valence-electron chi connectivity index (χ0n) is 19.3. The summed E-state index contributed by atoms with van der Waals surface area (Å²) in [4.78, 5) is 28.1. The molecule has 0 radical (unpaired) electrons. The second-order valence-electron chi connectivity index (χ2n) is 8.75. The summed E-state index contributed by atoms with van der Waals surface area (Å²) < 4.78 is 0. The van der Waals surface area contributed by atoms with Crippen LogP contribution >= 0.6 is 0 Å². The molecule has 0 aromatic heterocycles. The first kappa shape index (κ1) is 23.7. The molecule has 0 heterocycles. The first-order valence-electron chi connectivity index (χ1n) is 10.9. The Morgan fingerprint density at radius 1 is 0.933 bits per heavy atom. The van der Waals surface area contributed by atoms with Crippen LogP contribution in [0, 0.1) is 26.7 Å². The molecule has 30 heavy (non-hydrogen) atoms. The summed E-state index contributed by atoms with van der Waals surface area (Å²) in [7, 11) is 0. The summed E-state index contributed by atoms with van der Waals surface area (Å²) in [5.41, 5.74) is 5.46. The Balaban J connectivity index is 2.30. The monoisotopic (exact) mass is 408 g/mol. The maximum Gasteiger partial charge on any atom is 0.242 e. The average Bonchev–Trinajstić information content (AvgIpc) is 2.65. The molecule has 1 unspecified atom stereocenters. The number of amides is 2. The number of hydrogen-bond donors (Lipinski definition) is 1. The maximum atomic E-state index is 13.4. The van der Waals surface area contributed by atoms with Crippen molar-refractivity contribution in [3.63, 3.8) is 0 Å². The Kier molecular flexibility index (Phi) is 8.64. The molecule has 2 rings (SSSR count). The number of benzene rings is 2. The smallest absolute Gasteiger partial charge is 0.242 e. The van der Waals surface area contributed by atoms with Gasteiger partial charge in [0.25, 0.3) is 0 Å². The summed E-state index contributed by atoms with van der Waals surface area (Å²) in [6, 6.07) is 13.9. The lowest BCUT2D eigenvalue weighted by Gasteiger charge is -2.31. The molecule has 1 atom stereocenters. The summed E-state index contributed by atoms with van der Waals surface area (Å²) in [5.74, 6) is 0.267. The van der Waals surface area contributed by atoms with Crippen LogP contribution in [-0.2, 0) is 22.6 Å². The fourth-order valence-electron chi connectivity index (χ4n) is 3.80. The fourth-order valence-corrected chi connectivity index (χ4v) is 3.80. The fraction of sp³-hybridized carbons (Fsp3) is 0.462. The first-order chi connectivity index (χ1) is 14.2. The van der Waals surface area contributed by atoms with E-state index in [-0.39, 0.29) is 11.8 Å². The molecule has 4 nitrogen and oxygen atoms in total. The third-order valence-electron chi connectivity index (χ3n) is 5.14. The molecule has 1 N–H and O–H groups in total. The predicted molar refractivity (Wildman–Crippen MR) is 123 cm³/mol. The van der Waals surface area contributed by atoms with E-state index >= 15 is 0 Å². The molecule has 0 spiro atoms. The third kappa shape index (κ3) is 7.01. The molecule has 4 heteroatoms. The van der Waals surface area contributed by atoms with Crippen LogP contribution in [0.5, 0.6) is 0 Å². The van der Waals surface area contributed by atoms with E-state index in [1.54, 1.807) is 4.90 Å². The van der Waals surface area contributed by atoms with Crippen molar-refractivity contribution >= 4 is 11.8 Å². The lowest BCUT2D eigenvalue weighted by Crippen LogP contribution is -2.50. The third-order valence-corrected chi connectivity index (χ3v) is 5.14. The molecular weight excluding hydrogens is 372 g/mol. The van der Waals surface area contributed by atoms with Gasteiger partial charge in [0.2, 0.25) is 11.8 Å². The Morgan fingerprint density at radius 3 is 2.13 bits per heavy atom. The van der Waals surface area contributed by atoms with Crippen molar-refractivity contribution in [2.24, 2.45) is 5.92 Å². The van der Waals surface area contributed by atoms with Crippen LogP contribution in [0.2, 0.25) is 0 Å². The molecule has 0 fully saturated rings. The Hall–Kier alpha value is -2.62. The zero-order valence-corrected chi connectivity index (χ0v) is 19.3. The van der Waals surface area contributed by atoms with E-state index in [2.05, 4.69) is 43.4 Å². The highest BCUT2D eigenvalue weighted by Crippen LogP contribution is 2.17. The highest BCUT2D eigenvalue weighted by Gasteiger charge is 2.28. The lowest BCUT2D eigenvalue weighted by atomic mass is 10.0. The minimum atomic E-state index is -0.484. The standard InChI is InChI=1S/C26H36N2O2/c1-7-24(26(30)27-16-18(2)3)28(17-22-10-8-9-19(4)12-22)25(29)15-23-13-20(5)11-21(6)14-23/h8-14,18,24H,7,15-17H2,1-6H3,(H,27,30). The van der Waals surface area contributed by atoms with Crippen LogP contribution in [-0.4, -0.2) is 29.3 Å². The average molecular weight is 409 g/mol. The summed E-state index contributed by atoms with van der Waals surface area (Å²) in [6.45, 7) is 13.3. The largest absolute Gasteiger partial charge is 0.354 e. The topological polar surface area (TPSA) is 49.4 Å². The molecule has 2 amide bonds. The summed E-state index contributed by atoms with van der Waals surface area (Å²) >= 11 is 0. The molecule has 162 valence electrons. The van der Waals surface area contributed by atoms with E-state index in [1.807, 2.05) is 45.9 Å². The second kappa shape index (κ2) is 11.0. The number of hydrogen-bond acceptors (Lipinski definition) is 2. The van der Waals surface area contributed by atoms with Gasteiger partial charge in [-0.25, -0.2) is 0 Å².